The highest BCUT2D eigenvalue weighted by atomic mass is 16.7. The Hall–Kier alpha value is -3.35. The first-order valence-electron chi connectivity index (χ1n) is 6.95. The molecule has 0 unspecified atom stereocenters. The lowest BCUT2D eigenvalue weighted by Crippen LogP contribution is -2.12. The minimum atomic E-state index is -0.242. The third-order valence-corrected chi connectivity index (χ3v) is 3.41. The van der Waals surface area contributed by atoms with E-state index >= 15 is 0 Å². The summed E-state index contributed by atoms with van der Waals surface area (Å²) in [6.07, 6.45) is 6.63. The molecule has 0 spiro atoms. The van der Waals surface area contributed by atoms with Crippen LogP contribution in [0.25, 0.3) is 5.82 Å². The zero-order chi connectivity index (χ0) is 15.6. The summed E-state index contributed by atoms with van der Waals surface area (Å²) in [5, 5.41) is 2.81. The monoisotopic (exact) mass is 308 g/mol. The molecule has 0 aliphatic carbocycles. The number of aromatic nitrogens is 3. The zero-order valence-electron chi connectivity index (χ0n) is 12.0. The Morgan fingerprint density at radius 1 is 1.17 bits per heavy atom. The molecule has 2 aromatic heterocycles. The van der Waals surface area contributed by atoms with Gasteiger partial charge in [-0.2, -0.15) is 0 Å². The molecule has 0 saturated heterocycles. The number of pyridine rings is 1. The van der Waals surface area contributed by atoms with Crippen molar-refractivity contribution >= 4 is 11.6 Å². The Kier molecular flexibility index (Phi) is 3.16. The van der Waals surface area contributed by atoms with Crippen LogP contribution in [0.1, 0.15) is 10.4 Å². The lowest BCUT2D eigenvalue weighted by atomic mass is 10.2. The van der Waals surface area contributed by atoms with Crippen LogP contribution in [0.4, 0.5) is 5.69 Å². The van der Waals surface area contributed by atoms with Gasteiger partial charge in [0.2, 0.25) is 6.79 Å². The number of hydrogen-bond donors (Lipinski definition) is 1. The number of benzene rings is 1. The molecular formula is C16H12N4O3. The third kappa shape index (κ3) is 2.59. The molecule has 0 atom stereocenters. The van der Waals surface area contributed by atoms with Gasteiger partial charge in [-0.1, -0.05) is 0 Å². The van der Waals surface area contributed by atoms with Gasteiger partial charge in [0.15, 0.2) is 11.5 Å². The Bertz CT molecular complexity index is 844. The number of nitrogens with one attached hydrogen (secondary N) is 1. The molecule has 3 aromatic rings. The van der Waals surface area contributed by atoms with Crippen molar-refractivity contribution in [1.29, 1.82) is 0 Å². The number of imidazole rings is 1. The fourth-order valence-electron chi connectivity index (χ4n) is 2.25. The van der Waals surface area contributed by atoms with Crippen molar-refractivity contribution in [3.63, 3.8) is 0 Å². The van der Waals surface area contributed by atoms with Crippen LogP contribution in [-0.2, 0) is 0 Å². The summed E-state index contributed by atoms with van der Waals surface area (Å²) >= 11 is 0. The molecule has 7 nitrogen and oxygen atoms in total. The van der Waals surface area contributed by atoms with Crippen LogP contribution >= 0.6 is 0 Å². The number of anilines is 1. The van der Waals surface area contributed by atoms with Crippen molar-refractivity contribution in [2.45, 2.75) is 0 Å². The van der Waals surface area contributed by atoms with Gasteiger partial charge in [-0.3, -0.25) is 9.36 Å². The molecule has 1 aromatic carbocycles. The van der Waals surface area contributed by atoms with E-state index in [2.05, 4.69) is 15.3 Å². The molecule has 1 amide bonds. The smallest absolute Gasteiger partial charge is 0.257 e. The molecule has 1 aliphatic heterocycles. The Morgan fingerprint density at radius 2 is 2.09 bits per heavy atom. The second kappa shape index (κ2) is 5.45. The summed E-state index contributed by atoms with van der Waals surface area (Å²) in [6, 6.07) is 8.73. The first-order valence-corrected chi connectivity index (χ1v) is 6.95. The van der Waals surface area contributed by atoms with E-state index in [0.29, 0.717) is 28.6 Å². The highest BCUT2D eigenvalue weighted by Gasteiger charge is 2.14. The first kappa shape index (κ1) is 13.3. The number of hydrogen-bond acceptors (Lipinski definition) is 5. The molecule has 0 fully saturated rings. The molecule has 0 bridgehead atoms. The highest BCUT2D eigenvalue weighted by Crippen LogP contribution is 2.34. The van der Waals surface area contributed by atoms with Gasteiger partial charge in [0.1, 0.15) is 12.1 Å². The van der Waals surface area contributed by atoms with E-state index in [9.17, 15) is 4.79 Å². The molecule has 7 heteroatoms. The van der Waals surface area contributed by atoms with E-state index in [1.807, 2.05) is 0 Å². The summed E-state index contributed by atoms with van der Waals surface area (Å²) < 4.78 is 12.3. The van der Waals surface area contributed by atoms with Crippen molar-refractivity contribution < 1.29 is 14.3 Å². The van der Waals surface area contributed by atoms with Crippen LogP contribution < -0.4 is 14.8 Å². The third-order valence-electron chi connectivity index (χ3n) is 3.41. The summed E-state index contributed by atoms with van der Waals surface area (Å²) in [7, 11) is 0. The summed E-state index contributed by atoms with van der Waals surface area (Å²) in [6.45, 7) is 0.201. The normalized spacial score (nSPS) is 12.2. The molecule has 1 aliphatic rings. The number of ether oxygens (including phenoxy) is 2. The van der Waals surface area contributed by atoms with Gasteiger partial charge in [-0.05, 0) is 24.3 Å². The number of amides is 1. The van der Waals surface area contributed by atoms with Gasteiger partial charge in [-0.15, -0.1) is 0 Å². The van der Waals surface area contributed by atoms with Crippen LogP contribution in [0.15, 0.2) is 55.2 Å². The average molecular weight is 308 g/mol. The maximum Gasteiger partial charge on any atom is 0.257 e. The van der Waals surface area contributed by atoms with Gasteiger partial charge in [-0.25, -0.2) is 9.97 Å². The van der Waals surface area contributed by atoms with Crippen LogP contribution in [0, 0.1) is 0 Å². The minimum Gasteiger partial charge on any atom is -0.454 e. The predicted octanol–water partition coefficient (Wildman–Crippen LogP) is 2.25. The molecule has 0 radical (unpaired) electrons. The standard InChI is InChI=1S/C16H12N4O3/c21-16(19-12-2-3-13-14(7-12)23-10-22-13)11-1-4-15(18-8-11)20-6-5-17-9-20/h1-9H,10H2,(H,19,21). The fourth-order valence-corrected chi connectivity index (χ4v) is 2.25. The molecule has 0 saturated carbocycles. The van der Waals surface area contributed by atoms with Crippen molar-refractivity contribution in [2.75, 3.05) is 12.1 Å². The number of carbonyl (C=O) groups excluding carboxylic acids is 1. The Labute approximate surface area is 131 Å². The fraction of sp³-hybridized carbons (Fsp3) is 0.0625. The van der Waals surface area contributed by atoms with E-state index in [1.54, 1.807) is 53.6 Å². The van der Waals surface area contributed by atoms with E-state index in [1.165, 1.54) is 6.20 Å². The van der Waals surface area contributed by atoms with Gasteiger partial charge in [0.25, 0.3) is 5.91 Å². The average Bonchev–Trinajstić information content (AvgIpc) is 3.26. The first-order chi connectivity index (χ1) is 11.3. The van der Waals surface area contributed by atoms with E-state index in [-0.39, 0.29) is 12.7 Å². The van der Waals surface area contributed by atoms with Crippen molar-refractivity contribution in [3.8, 4) is 17.3 Å². The zero-order valence-corrected chi connectivity index (χ0v) is 12.0. The van der Waals surface area contributed by atoms with Gasteiger partial charge < -0.3 is 14.8 Å². The topological polar surface area (TPSA) is 78.3 Å². The Morgan fingerprint density at radius 3 is 2.87 bits per heavy atom. The number of fused-ring (bicyclic) bond motifs is 1. The summed E-state index contributed by atoms with van der Waals surface area (Å²) in [5.41, 5.74) is 1.10. The van der Waals surface area contributed by atoms with Crippen molar-refractivity contribution in [2.24, 2.45) is 0 Å². The van der Waals surface area contributed by atoms with Gasteiger partial charge in [0, 0.05) is 30.3 Å². The van der Waals surface area contributed by atoms with E-state index < -0.39 is 0 Å². The summed E-state index contributed by atoms with van der Waals surface area (Å²) in [5.74, 6) is 1.75. The lowest BCUT2D eigenvalue weighted by Gasteiger charge is -2.07. The number of carbonyl (C=O) groups is 1. The van der Waals surface area contributed by atoms with E-state index in [0.717, 1.165) is 0 Å². The summed E-state index contributed by atoms with van der Waals surface area (Å²) in [4.78, 5) is 20.5. The highest BCUT2D eigenvalue weighted by molar-refractivity contribution is 6.04. The van der Waals surface area contributed by atoms with Crippen LogP contribution in [-0.4, -0.2) is 27.2 Å². The second-order valence-electron chi connectivity index (χ2n) is 4.90. The molecule has 1 N–H and O–H groups in total. The van der Waals surface area contributed by atoms with Gasteiger partial charge >= 0.3 is 0 Å². The molecule has 114 valence electrons. The van der Waals surface area contributed by atoms with Crippen LogP contribution in [0.3, 0.4) is 0 Å². The van der Waals surface area contributed by atoms with Crippen molar-refractivity contribution in [1.82, 2.24) is 14.5 Å². The maximum atomic E-state index is 12.3. The minimum absolute atomic E-state index is 0.201. The molecular weight excluding hydrogens is 296 g/mol. The Balaban J connectivity index is 1.51. The van der Waals surface area contributed by atoms with Crippen molar-refractivity contribution in [3.05, 3.63) is 60.8 Å². The van der Waals surface area contributed by atoms with Crippen LogP contribution in [0.5, 0.6) is 11.5 Å². The van der Waals surface area contributed by atoms with Crippen LogP contribution in [0.2, 0.25) is 0 Å². The second-order valence-corrected chi connectivity index (χ2v) is 4.90. The largest absolute Gasteiger partial charge is 0.454 e. The van der Waals surface area contributed by atoms with Gasteiger partial charge in [0.05, 0.1) is 5.56 Å². The lowest BCUT2D eigenvalue weighted by molar-refractivity contribution is 0.102. The molecule has 3 heterocycles. The quantitative estimate of drug-likeness (QED) is 0.803. The number of rotatable bonds is 3. The van der Waals surface area contributed by atoms with E-state index in [4.69, 9.17) is 9.47 Å². The molecule has 23 heavy (non-hydrogen) atoms. The maximum absolute atomic E-state index is 12.3. The molecule has 4 rings (SSSR count). The SMILES string of the molecule is O=C(Nc1ccc2c(c1)OCO2)c1ccc(-n2ccnc2)nc1. The predicted molar refractivity (Wildman–Crippen MR) is 81.9 cm³/mol. The number of nitrogens with zero attached hydrogens (tertiary/aromatic N) is 3.